The Bertz CT molecular complexity index is 611. The molecule has 2 aromatic carbocycles. The van der Waals surface area contributed by atoms with E-state index >= 15 is 0 Å². The summed E-state index contributed by atoms with van der Waals surface area (Å²) in [7, 11) is 0. The van der Waals surface area contributed by atoms with Crippen LogP contribution in [0.25, 0.3) is 0 Å². The largest absolute Gasteiger partial charge is 0.489 e. The van der Waals surface area contributed by atoms with Crippen molar-refractivity contribution in [3.05, 3.63) is 59.7 Å². The first kappa shape index (κ1) is 12.5. The number of para-hydroxylation sites is 1. The van der Waals surface area contributed by atoms with Crippen LogP contribution in [0, 0.1) is 0 Å². The number of hydrogen-bond acceptors (Lipinski definition) is 3. The third kappa shape index (κ3) is 2.59. The molecule has 1 heterocycles. The van der Waals surface area contributed by atoms with E-state index in [0.717, 1.165) is 17.8 Å². The molecule has 0 unspecified atom stereocenters. The van der Waals surface area contributed by atoms with Crippen LogP contribution in [0.3, 0.4) is 0 Å². The average molecular weight is 268 g/mol. The Hall–Kier alpha value is -2.49. The van der Waals surface area contributed by atoms with E-state index in [4.69, 9.17) is 4.74 Å². The van der Waals surface area contributed by atoms with Crippen molar-refractivity contribution in [2.24, 2.45) is 0 Å². The molecule has 0 fully saturated rings. The Morgan fingerprint density at radius 1 is 1.15 bits per heavy atom. The van der Waals surface area contributed by atoms with Crippen molar-refractivity contribution in [1.29, 1.82) is 0 Å². The summed E-state index contributed by atoms with van der Waals surface area (Å²) in [6.07, 6.45) is 0. The number of benzene rings is 2. The van der Waals surface area contributed by atoms with E-state index in [1.54, 1.807) is 6.07 Å². The van der Waals surface area contributed by atoms with Crippen molar-refractivity contribution >= 4 is 11.6 Å². The summed E-state index contributed by atoms with van der Waals surface area (Å²) < 4.78 is 5.60. The van der Waals surface area contributed by atoms with Crippen LogP contribution < -0.4 is 15.4 Å². The maximum atomic E-state index is 12.3. The second-order valence-corrected chi connectivity index (χ2v) is 4.63. The van der Waals surface area contributed by atoms with E-state index < -0.39 is 0 Å². The van der Waals surface area contributed by atoms with Crippen molar-refractivity contribution in [2.45, 2.75) is 6.54 Å². The maximum Gasteiger partial charge on any atom is 0.255 e. The van der Waals surface area contributed by atoms with Crippen molar-refractivity contribution < 1.29 is 9.53 Å². The lowest BCUT2D eigenvalue weighted by atomic mass is 10.1. The molecule has 20 heavy (non-hydrogen) atoms. The maximum absolute atomic E-state index is 12.3. The number of carbonyl (C=O) groups is 1. The molecule has 1 amide bonds. The third-order valence-corrected chi connectivity index (χ3v) is 3.22. The van der Waals surface area contributed by atoms with Gasteiger partial charge in [0.05, 0.1) is 11.3 Å². The summed E-state index contributed by atoms with van der Waals surface area (Å²) in [6, 6.07) is 15.4. The van der Waals surface area contributed by atoms with Gasteiger partial charge in [0, 0.05) is 13.1 Å². The monoisotopic (exact) mass is 268 g/mol. The number of anilines is 1. The topological polar surface area (TPSA) is 50.4 Å². The first-order valence-electron chi connectivity index (χ1n) is 6.66. The summed E-state index contributed by atoms with van der Waals surface area (Å²) in [5.41, 5.74) is 2.53. The SMILES string of the molecule is O=C(NCc1ccccc1)c1cccc2c1OCCN2. The van der Waals surface area contributed by atoms with E-state index in [2.05, 4.69) is 10.6 Å². The zero-order chi connectivity index (χ0) is 13.8. The second-order valence-electron chi connectivity index (χ2n) is 4.63. The number of hydrogen-bond donors (Lipinski definition) is 2. The molecule has 1 aliphatic heterocycles. The van der Waals surface area contributed by atoms with Gasteiger partial charge in [0.25, 0.3) is 5.91 Å². The predicted molar refractivity (Wildman–Crippen MR) is 78.0 cm³/mol. The molecule has 0 saturated heterocycles. The Kier molecular flexibility index (Phi) is 3.54. The number of carbonyl (C=O) groups excluding carboxylic acids is 1. The van der Waals surface area contributed by atoms with E-state index in [-0.39, 0.29) is 5.91 Å². The molecule has 3 rings (SSSR count). The standard InChI is InChI=1S/C16H16N2O2/c19-16(18-11-12-5-2-1-3-6-12)13-7-4-8-14-15(13)20-10-9-17-14/h1-8,17H,9-11H2,(H,18,19). The number of ether oxygens (including phenoxy) is 1. The summed E-state index contributed by atoms with van der Waals surface area (Å²) in [6.45, 7) is 1.86. The van der Waals surface area contributed by atoms with Crippen LogP contribution in [-0.4, -0.2) is 19.1 Å². The molecule has 0 aromatic heterocycles. The van der Waals surface area contributed by atoms with Crippen LogP contribution >= 0.6 is 0 Å². The summed E-state index contributed by atoms with van der Waals surface area (Å²) in [5.74, 6) is 0.527. The van der Waals surface area contributed by atoms with Crippen LogP contribution in [0.2, 0.25) is 0 Å². The zero-order valence-corrected chi connectivity index (χ0v) is 11.1. The lowest BCUT2D eigenvalue weighted by Crippen LogP contribution is -2.26. The smallest absolute Gasteiger partial charge is 0.255 e. The number of amides is 1. The van der Waals surface area contributed by atoms with Gasteiger partial charge in [-0.1, -0.05) is 36.4 Å². The molecular formula is C16H16N2O2. The van der Waals surface area contributed by atoms with Gasteiger partial charge >= 0.3 is 0 Å². The van der Waals surface area contributed by atoms with Gasteiger partial charge < -0.3 is 15.4 Å². The normalized spacial score (nSPS) is 12.8. The van der Waals surface area contributed by atoms with Gasteiger partial charge in [-0.3, -0.25) is 4.79 Å². The fourth-order valence-corrected chi connectivity index (χ4v) is 2.22. The van der Waals surface area contributed by atoms with Crippen LogP contribution in [0.15, 0.2) is 48.5 Å². The zero-order valence-electron chi connectivity index (χ0n) is 11.1. The molecule has 0 spiro atoms. The first-order chi connectivity index (χ1) is 9.84. The molecule has 4 heteroatoms. The van der Waals surface area contributed by atoms with Crippen molar-refractivity contribution in [3.63, 3.8) is 0 Å². The molecule has 0 radical (unpaired) electrons. The lowest BCUT2D eigenvalue weighted by Gasteiger charge is -2.21. The van der Waals surface area contributed by atoms with Gasteiger partial charge in [-0.05, 0) is 17.7 Å². The van der Waals surface area contributed by atoms with Gasteiger partial charge in [-0.2, -0.15) is 0 Å². The fourth-order valence-electron chi connectivity index (χ4n) is 2.22. The molecule has 1 aliphatic rings. The van der Waals surface area contributed by atoms with Gasteiger partial charge in [0.1, 0.15) is 6.61 Å². The average Bonchev–Trinajstić information content (AvgIpc) is 2.53. The molecule has 4 nitrogen and oxygen atoms in total. The Morgan fingerprint density at radius 2 is 2.00 bits per heavy atom. The summed E-state index contributed by atoms with van der Waals surface area (Å²) >= 11 is 0. The molecular weight excluding hydrogens is 252 g/mol. The van der Waals surface area contributed by atoms with Crippen molar-refractivity contribution in [3.8, 4) is 5.75 Å². The van der Waals surface area contributed by atoms with Crippen molar-refractivity contribution in [1.82, 2.24) is 5.32 Å². The van der Waals surface area contributed by atoms with E-state index in [1.807, 2.05) is 42.5 Å². The van der Waals surface area contributed by atoms with Crippen molar-refractivity contribution in [2.75, 3.05) is 18.5 Å². The quantitative estimate of drug-likeness (QED) is 0.899. The lowest BCUT2D eigenvalue weighted by molar-refractivity contribution is 0.0947. The van der Waals surface area contributed by atoms with Gasteiger partial charge in [-0.25, -0.2) is 0 Å². The minimum Gasteiger partial charge on any atom is -0.489 e. The highest BCUT2D eigenvalue weighted by molar-refractivity contribution is 5.98. The minimum absolute atomic E-state index is 0.116. The third-order valence-electron chi connectivity index (χ3n) is 3.22. The Labute approximate surface area is 117 Å². The second kappa shape index (κ2) is 5.65. The molecule has 2 aromatic rings. The molecule has 0 aliphatic carbocycles. The minimum atomic E-state index is -0.116. The molecule has 2 N–H and O–H groups in total. The molecule has 0 atom stereocenters. The molecule has 0 saturated carbocycles. The number of nitrogens with one attached hydrogen (secondary N) is 2. The van der Waals surface area contributed by atoms with Crippen LogP contribution in [0.4, 0.5) is 5.69 Å². The van der Waals surface area contributed by atoms with E-state index in [1.165, 1.54) is 0 Å². The van der Waals surface area contributed by atoms with Gasteiger partial charge in [-0.15, -0.1) is 0 Å². The number of fused-ring (bicyclic) bond motifs is 1. The van der Waals surface area contributed by atoms with Crippen LogP contribution in [-0.2, 0) is 6.54 Å². The number of rotatable bonds is 3. The highest BCUT2D eigenvalue weighted by Crippen LogP contribution is 2.31. The highest BCUT2D eigenvalue weighted by Gasteiger charge is 2.18. The van der Waals surface area contributed by atoms with E-state index in [0.29, 0.717) is 24.5 Å². The summed E-state index contributed by atoms with van der Waals surface area (Å²) in [5, 5.41) is 6.15. The Morgan fingerprint density at radius 3 is 2.85 bits per heavy atom. The summed E-state index contributed by atoms with van der Waals surface area (Å²) in [4.78, 5) is 12.3. The first-order valence-corrected chi connectivity index (χ1v) is 6.66. The molecule has 0 bridgehead atoms. The van der Waals surface area contributed by atoms with Crippen LogP contribution in [0.5, 0.6) is 5.75 Å². The Balaban J connectivity index is 1.74. The highest BCUT2D eigenvalue weighted by atomic mass is 16.5. The van der Waals surface area contributed by atoms with Gasteiger partial charge in [0.2, 0.25) is 0 Å². The fraction of sp³-hybridized carbons (Fsp3) is 0.188. The van der Waals surface area contributed by atoms with E-state index in [9.17, 15) is 4.79 Å². The molecule has 102 valence electrons. The van der Waals surface area contributed by atoms with Crippen LogP contribution in [0.1, 0.15) is 15.9 Å². The predicted octanol–water partition coefficient (Wildman–Crippen LogP) is 2.42. The van der Waals surface area contributed by atoms with Gasteiger partial charge in [0.15, 0.2) is 5.75 Å².